The van der Waals surface area contributed by atoms with Crippen LogP contribution in [0.5, 0.6) is 0 Å². The highest BCUT2D eigenvalue weighted by atomic mass is 32.1. The van der Waals surface area contributed by atoms with Gasteiger partial charge in [0.05, 0.1) is 11.7 Å². The Hall–Kier alpha value is -2.45. The van der Waals surface area contributed by atoms with Crippen molar-refractivity contribution in [3.05, 3.63) is 47.5 Å². The van der Waals surface area contributed by atoms with Gasteiger partial charge in [-0.15, -0.1) is 0 Å². The molecule has 5 heteroatoms. The zero-order valence-corrected chi connectivity index (χ0v) is 10.1. The first-order valence-electron chi connectivity index (χ1n) is 5.34. The lowest BCUT2D eigenvalue weighted by molar-refractivity contribution is 1.33. The first-order chi connectivity index (χ1) is 8.85. The highest BCUT2D eigenvalue weighted by Gasteiger charge is 2.03. The normalized spacial score (nSPS) is 10.2. The summed E-state index contributed by atoms with van der Waals surface area (Å²) in [7, 11) is 0. The van der Waals surface area contributed by atoms with E-state index in [1.165, 1.54) is 11.3 Å². The summed E-state index contributed by atoms with van der Waals surface area (Å²) in [4.78, 5) is 9.17. The third-order valence-electron chi connectivity index (χ3n) is 2.45. The lowest BCUT2D eigenvalue weighted by Gasteiger charge is -2.03. The van der Waals surface area contributed by atoms with Crippen molar-refractivity contribution < 1.29 is 0 Å². The quantitative estimate of drug-likeness (QED) is 0.760. The van der Waals surface area contributed by atoms with Gasteiger partial charge in [-0.1, -0.05) is 29.5 Å². The van der Waals surface area contributed by atoms with Gasteiger partial charge in [-0.3, -0.25) is 0 Å². The molecule has 0 amide bonds. The molecule has 2 aromatic heterocycles. The van der Waals surface area contributed by atoms with Gasteiger partial charge in [0.2, 0.25) is 0 Å². The Balaban J connectivity index is 1.93. The van der Waals surface area contributed by atoms with Crippen LogP contribution >= 0.6 is 11.3 Å². The van der Waals surface area contributed by atoms with Gasteiger partial charge in [-0.2, -0.15) is 5.26 Å². The molecule has 0 unspecified atom stereocenters. The predicted molar refractivity (Wildman–Crippen MR) is 71.9 cm³/mol. The predicted octanol–water partition coefficient (Wildman–Crippen LogP) is 3.31. The molecule has 0 radical (unpaired) electrons. The Morgan fingerprint density at radius 3 is 2.89 bits per heavy atom. The number of aromatic nitrogens is 2. The number of nitrogens with one attached hydrogen (secondary N) is 1. The molecule has 86 valence electrons. The third kappa shape index (κ3) is 2.01. The molecular formula is C13H8N4S. The van der Waals surface area contributed by atoms with Crippen LogP contribution in [0, 0.1) is 11.3 Å². The molecule has 0 saturated heterocycles. The summed E-state index contributed by atoms with van der Waals surface area (Å²) < 4.78 is 0. The van der Waals surface area contributed by atoms with E-state index in [1.807, 2.05) is 36.4 Å². The number of hydrogen-bond acceptors (Lipinski definition) is 5. The number of hydrogen-bond donors (Lipinski definition) is 1. The first kappa shape index (κ1) is 10.7. The van der Waals surface area contributed by atoms with Crippen molar-refractivity contribution in [2.75, 3.05) is 5.32 Å². The number of pyridine rings is 1. The van der Waals surface area contributed by atoms with Crippen LogP contribution in [0.4, 0.5) is 10.9 Å². The number of para-hydroxylation sites is 1. The van der Waals surface area contributed by atoms with Crippen LogP contribution in [0.2, 0.25) is 0 Å². The maximum absolute atomic E-state index is 8.74. The van der Waals surface area contributed by atoms with Crippen LogP contribution in [0.1, 0.15) is 4.88 Å². The van der Waals surface area contributed by atoms with Crippen molar-refractivity contribution >= 4 is 33.2 Å². The number of thiazole rings is 1. The molecule has 1 aromatic carbocycles. The molecule has 1 N–H and O–H groups in total. The zero-order chi connectivity index (χ0) is 12.4. The largest absolute Gasteiger partial charge is 0.316 e. The van der Waals surface area contributed by atoms with E-state index in [-0.39, 0.29) is 0 Å². The monoisotopic (exact) mass is 252 g/mol. The van der Waals surface area contributed by atoms with Crippen LogP contribution in [0.15, 0.2) is 42.6 Å². The molecule has 0 aliphatic carbocycles. The molecule has 0 fully saturated rings. The fourth-order valence-corrected chi connectivity index (χ4v) is 2.25. The highest BCUT2D eigenvalue weighted by molar-refractivity contribution is 7.16. The number of rotatable bonds is 2. The molecule has 0 atom stereocenters. The Bertz CT molecular complexity index is 742. The smallest absolute Gasteiger partial charge is 0.189 e. The lowest BCUT2D eigenvalue weighted by Crippen LogP contribution is -1.92. The zero-order valence-electron chi connectivity index (χ0n) is 9.29. The summed E-state index contributed by atoms with van der Waals surface area (Å²) in [5, 5.41) is 13.6. The maximum atomic E-state index is 8.74. The van der Waals surface area contributed by atoms with Crippen LogP contribution in [0.3, 0.4) is 0 Å². The Morgan fingerprint density at radius 2 is 2.06 bits per heavy atom. The van der Waals surface area contributed by atoms with Gasteiger partial charge in [0.25, 0.3) is 0 Å². The summed E-state index contributed by atoms with van der Waals surface area (Å²) in [6.07, 6.45) is 1.55. The molecule has 3 aromatic rings. The van der Waals surface area contributed by atoms with Gasteiger partial charge in [0, 0.05) is 5.39 Å². The summed E-state index contributed by atoms with van der Waals surface area (Å²) in [5.41, 5.74) is 0.930. The molecule has 0 spiro atoms. The van der Waals surface area contributed by atoms with E-state index >= 15 is 0 Å². The molecule has 2 heterocycles. The van der Waals surface area contributed by atoms with Gasteiger partial charge >= 0.3 is 0 Å². The van der Waals surface area contributed by atoms with E-state index in [4.69, 9.17) is 5.26 Å². The Kier molecular flexibility index (Phi) is 2.63. The summed E-state index contributed by atoms with van der Waals surface area (Å²) in [5.74, 6) is 0.729. The standard InChI is InChI=1S/C13H8N4S/c14-7-10-8-15-13(18-10)17-12-6-5-9-3-1-2-4-11(9)16-12/h1-6,8H,(H,15,16,17). The average Bonchev–Trinajstić information content (AvgIpc) is 2.86. The van der Waals surface area contributed by atoms with Gasteiger partial charge < -0.3 is 5.32 Å². The van der Waals surface area contributed by atoms with Crippen molar-refractivity contribution in [1.29, 1.82) is 5.26 Å². The average molecular weight is 252 g/mol. The van der Waals surface area contributed by atoms with Crippen molar-refractivity contribution in [3.63, 3.8) is 0 Å². The molecule has 18 heavy (non-hydrogen) atoms. The molecule has 0 aliphatic heterocycles. The van der Waals surface area contributed by atoms with Crippen molar-refractivity contribution in [2.45, 2.75) is 0 Å². The van der Waals surface area contributed by atoms with Crippen LogP contribution in [-0.2, 0) is 0 Å². The van der Waals surface area contributed by atoms with Gasteiger partial charge in [0.15, 0.2) is 5.13 Å². The molecule has 0 aliphatic rings. The minimum atomic E-state index is 0.582. The van der Waals surface area contributed by atoms with Crippen molar-refractivity contribution in [1.82, 2.24) is 9.97 Å². The van der Waals surface area contributed by atoms with Gasteiger partial charge in [0.1, 0.15) is 16.8 Å². The molecule has 3 rings (SSSR count). The number of anilines is 2. The van der Waals surface area contributed by atoms with Crippen LogP contribution < -0.4 is 5.32 Å². The topological polar surface area (TPSA) is 61.6 Å². The van der Waals surface area contributed by atoms with Crippen molar-refractivity contribution in [3.8, 4) is 6.07 Å². The number of nitrogens with zero attached hydrogens (tertiary/aromatic N) is 3. The second-order valence-electron chi connectivity index (χ2n) is 3.66. The maximum Gasteiger partial charge on any atom is 0.189 e. The number of nitriles is 1. The fraction of sp³-hybridized carbons (Fsp3) is 0. The third-order valence-corrected chi connectivity index (χ3v) is 3.27. The van der Waals surface area contributed by atoms with E-state index in [0.29, 0.717) is 10.0 Å². The van der Waals surface area contributed by atoms with E-state index < -0.39 is 0 Å². The summed E-state index contributed by atoms with van der Waals surface area (Å²) in [6.45, 7) is 0. The minimum absolute atomic E-state index is 0.582. The van der Waals surface area contributed by atoms with Gasteiger partial charge in [-0.25, -0.2) is 9.97 Å². The second-order valence-corrected chi connectivity index (χ2v) is 4.69. The van der Waals surface area contributed by atoms with E-state index in [0.717, 1.165) is 16.7 Å². The summed E-state index contributed by atoms with van der Waals surface area (Å²) >= 11 is 1.31. The van der Waals surface area contributed by atoms with Crippen LogP contribution in [0.25, 0.3) is 10.9 Å². The van der Waals surface area contributed by atoms with E-state index in [1.54, 1.807) is 6.20 Å². The van der Waals surface area contributed by atoms with E-state index in [9.17, 15) is 0 Å². The number of fused-ring (bicyclic) bond motifs is 1. The molecule has 0 saturated carbocycles. The lowest BCUT2D eigenvalue weighted by atomic mass is 10.2. The van der Waals surface area contributed by atoms with Crippen molar-refractivity contribution in [2.24, 2.45) is 0 Å². The summed E-state index contributed by atoms with van der Waals surface area (Å²) in [6, 6.07) is 13.9. The fourth-order valence-electron chi connectivity index (χ4n) is 1.63. The van der Waals surface area contributed by atoms with Gasteiger partial charge in [-0.05, 0) is 18.2 Å². The molecular weight excluding hydrogens is 244 g/mol. The highest BCUT2D eigenvalue weighted by Crippen LogP contribution is 2.22. The number of benzene rings is 1. The van der Waals surface area contributed by atoms with E-state index in [2.05, 4.69) is 21.4 Å². The SMILES string of the molecule is N#Cc1cnc(Nc2ccc3ccccc3n2)s1. The second kappa shape index (κ2) is 4.43. The molecule has 0 bridgehead atoms. The van der Waals surface area contributed by atoms with Crippen LogP contribution in [-0.4, -0.2) is 9.97 Å². The Morgan fingerprint density at radius 1 is 1.17 bits per heavy atom. The minimum Gasteiger partial charge on any atom is -0.316 e. The Labute approximate surface area is 108 Å². The molecule has 4 nitrogen and oxygen atoms in total. The first-order valence-corrected chi connectivity index (χ1v) is 6.15.